The highest BCUT2D eigenvalue weighted by Gasteiger charge is 2.12. The molecular weight excluding hydrogens is 338 g/mol. The number of nitrogens with zero attached hydrogens (tertiary/aromatic N) is 1. The summed E-state index contributed by atoms with van der Waals surface area (Å²) in [5.41, 5.74) is 0. The molecule has 2 amide bonds. The molecule has 0 fully saturated rings. The average Bonchev–Trinajstić information content (AvgIpc) is 2.63. The maximum Gasteiger partial charge on any atom is 0.308 e. The molecule has 0 aromatic carbocycles. The van der Waals surface area contributed by atoms with E-state index in [1.807, 2.05) is 20.8 Å². The van der Waals surface area contributed by atoms with Gasteiger partial charge in [0.05, 0.1) is 46.0 Å². The highest BCUT2D eigenvalue weighted by molar-refractivity contribution is 5.92. The van der Waals surface area contributed by atoms with Crippen LogP contribution in [0.2, 0.25) is 0 Å². The van der Waals surface area contributed by atoms with Crippen LogP contribution < -0.4 is 0 Å². The fourth-order valence-corrected chi connectivity index (χ4v) is 1.57. The molecule has 0 saturated heterocycles. The standard InChI is InChI=1S/C15H27NO6.C2H6.C2H2/c1-4-5-8-22-15(19)6-9-20-11-12-21-10-7-16(13(2)17)14(3)18;2*1-2/h4-12H2,1-3H3;1-2H3;1-2H. The first-order chi connectivity index (χ1) is 12.5. The van der Waals surface area contributed by atoms with Gasteiger partial charge in [0.15, 0.2) is 0 Å². The van der Waals surface area contributed by atoms with Gasteiger partial charge in [-0.25, -0.2) is 0 Å². The number of carbonyl (C=O) groups is 3. The van der Waals surface area contributed by atoms with E-state index in [2.05, 4.69) is 12.8 Å². The van der Waals surface area contributed by atoms with E-state index in [9.17, 15) is 14.4 Å². The summed E-state index contributed by atoms with van der Waals surface area (Å²) < 4.78 is 15.5. The predicted molar refractivity (Wildman–Crippen MR) is 101 cm³/mol. The van der Waals surface area contributed by atoms with Crippen LogP contribution >= 0.6 is 0 Å². The molecule has 0 heterocycles. The number of amides is 2. The summed E-state index contributed by atoms with van der Waals surface area (Å²) in [6, 6.07) is 0. The Kier molecular flexibility index (Phi) is 25.6. The van der Waals surface area contributed by atoms with E-state index < -0.39 is 0 Å². The number of esters is 1. The van der Waals surface area contributed by atoms with Crippen molar-refractivity contribution in [3.8, 4) is 12.8 Å². The smallest absolute Gasteiger partial charge is 0.308 e. The highest BCUT2D eigenvalue weighted by Crippen LogP contribution is 1.94. The van der Waals surface area contributed by atoms with E-state index in [1.54, 1.807) is 0 Å². The fraction of sp³-hybridized carbons (Fsp3) is 0.737. The van der Waals surface area contributed by atoms with Crippen LogP contribution in [0.3, 0.4) is 0 Å². The van der Waals surface area contributed by atoms with Crippen LogP contribution in [0.1, 0.15) is 53.9 Å². The molecule has 0 unspecified atom stereocenters. The number of imide groups is 1. The van der Waals surface area contributed by atoms with Gasteiger partial charge in [-0.1, -0.05) is 27.2 Å². The van der Waals surface area contributed by atoms with Gasteiger partial charge < -0.3 is 14.2 Å². The Morgan fingerprint density at radius 2 is 1.35 bits per heavy atom. The van der Waals surface area contributed by atoms with E-state index in [1.165, 1.54) is 13.8 Å². The molecule has 0 aliphatic carbocycles. The topological polar surface area (TPSA) is 82.1 Å². The third kappa shape index (κ3) is 20.1. The Bertz CT molecular complexity index is 367. The first-order valence-electron chi connectivity index (χ1n) is 8.92. The van der Waals surface area contributed by atoms with Crippen molar-refractivity contribution in [2.24, 2.45) is 0 Å². The molecule has 7 heteroatoms. The van der Waals surface area contributed by atoms with Gasteiger partial charge in [0, 0.05) is 13.8 Å². The second kappa shape index (κ2) is 23.1. The van der Waals surface area contributed by atoms with E-state index in [0.717, 1.165) is 17.7 Å². The van der Waals surface area contributed by atoms with Crippen LogP contribution in [-0.2, 0) is 28.6 Å². The summed E-state index contributed by atoms with van der Waals surface area (Å²) in [5, 5.41) is 0. The maximum atomic E-state index is 11.3. The van der Waals surface area contributed by atoms with Gasteiger partial charge in [-0.3, -0.25) is 19.3 Å². The summed E-state index contributed by atoms with van der Waals surface area (Å²) in [4.78, 5) is 34.6. The summed E-state index contributed by atoms with van der Waals surface area (Å²) in [5.74, 6) is -0.851. The van der Waals surface area contributed by atoms with Crippen LogP contribution in [0, 0.1) is 12.8 Å². The van der Waals surface area contributed by atoms with Crippen LogP contribution in [0.4, 0.5) is 0 Å². The van der Waals surface area contributed by atoms with Gasteiger partial charge in [-0.15, -0.1) is 12.8 Å². The number of rotatable bonds is 12. The normalized spacial score (nSPS) is 9.04. The molecule has 0 rings (SSSR count). The minimum Gasteiger partial charge on any atom is -0.466 e. The zero-order valence-electron chi connectivity index (χ0n) is 16.9. The third-order valence-corrected chi connectivity index (χ3v) is 2.80. The molecule has 7 nitrogen and oxygen atoms in total. The van der Waals surface area contributed by atoms with E-state index in [0.29, 0.717) is 26.4 Å². The van der Waals surface area contributed by atoms with E-state index in [4.69, 9.17) is 14.2 Å². The third-order valence-electron chi connectivity index (χ3n) is 2.80. The lowest BCUT2D eigenvalue weighted by Gasteiger charge is -2.16. The van der Waals surface area contributed by atoms with E-state index in [-0.39, 0.29) is 37.4 Å². The zero-order chi connectivity index (χ0) is 20.8. The fourth-order valence-electron chi connectivity index (χ4n) is 1.57. The molecule has 152 valence electrons. The summed E-state index contributed by atoms with van der Waals surface area (Å²) in [7, 11) is 0. The van der Waals surface area contributed by atoms with Crippen molar-refractivity contribution in [1.82, 2.24) is 4.90 Å². The Balaban J connectivity index is -0.00000123. The number of carbonyl (C=O) groups excluding carboxylic acids is 3. The zero-order valence-corrected chi connectivity index (χ0v) is 16.9. The molecule has 0 aromatic heterocycles. The molecule has 0 saturated carbocycles. The van der Waals surface area contributed by atoms with Crippen LogP contribution in [0.25, 0.3) is 0 Å². The molecular formula is C19H35NO6. The molecule has 0 N–H and O–H groups in total. The van der Waals surface area contributed by atoms with Crippen molar-refractivity contribution in [2.75, 3.05) is 39.6 Å². The molecule has 0 radical (unpaired) electrons. The van der Waals surface area contributed by atoms with Crippen LogP contribution in [-0.4, -0.2) is 62.3 Å². The van der Waals surface area contributed by atoms with Gasteiger partial charge >= 0.3 is 5.97 Å². The second-order valence-electron chi connectivity index (χ2n) is 4.74. The summed E-state index contributed by atoms with van der Waals surface area (Å²) in [6.45, 7) is 10.6. The maximum absolute atomic E-state index is 11.3. The Morgan fingerprint density at radius 3 is 1.81 bits per heavy atom. The van der Waals surface area contributed by atoms with E-state index >= 15 is 0 Å². The van der Waals surface area contributed by atoms with Gasteiger partial charge in [0.1, 0.15) is 0 Å². The molecule has 0 bridgehead atoms. The SMILES string of the molecule is C#C.CC.CCCCOC(=O)CCOCCOCCN(C(C)=O)C(C)=O. The highest BCUT2D eigenvalue weighted by atomic mass is 16.5. The van der Waals surface area contributed by atoms with Gasteiger partial charge in [-0.05, 0) is 6.42 Å². The van der Waals surface area contributed by atoms with Crippen molar-refractivity contribution in [1.29, 1.82) is 0 Å². The minimum atomic E-state index is -0.297. The number of ether oxygens (including phenoxy) is 3. The Labute approximate surface area is 158 Å². The quantitative estimate of drug-likeness (QED) is 0.297. The first-order valence-corrected chi connectivity index (χ1v) is 8.92. The first kappa shape index (κ1) is 28.9. The largest absolute Gasteiger partial charge is 0.466 e. The van der Waals surface area contributed by atoms with Crippen LogP contribution in [0.5, 0.6) is 0 Å². The predicted octanol–water partition coefficient (Wildman–Crippen LogP) is 2.42. The van der Waals surface area contributed by atoms with Crippen molar-refractivity contribution in [3.63, 3.8) is 0 Å². The average molecular weight is 373 g/mol. The van der Waals surface area contributed by atoms with Crippen molar-refractivity contribution < 1.29 is 28.6 Å². The van der Waals surface area contributed by atoms with Crippen LogP contribution in [0.15, 0.2) is 0 Å². The molecule has 0 spiro atoms. The van der Waals surface area contributed by atoms with Gasteiger partial charge in [0.25, 0.3) is 0 Å². The lowest BCUT2D eigenvalue weighted by molar-refractivity contribution is -0.145. The summed E-state index contributed by atoms with van der Waals surface area (Å²) in [6.07, 6.45) is 10.1. The molecule has 0 aliphatic heterocycles. The van der Waals surface area contributed by atoms with Crippen molar-refractivity contribution in [3.05, 3.63) is 0 Å². The molecule has 0 atom stereocenters. The monoisotopic (exact) mass is 373 g/mol. The Morgan fingerprint density at radius 1 is 0.846 bits per heavy atom. The number of unbranched alkanes of at least 4 members (excludes halogenated alkanes) is 1. The number of hydrogen-bond acceptors (Lipinski definition) is 6. The molecule has 26 heavy (non-hydrogen) atoms. The lowest BCUT2D eigenvalue weighted by atomic mass is 10.4. The minimum absolute atomic E-state index is 0.228. The molecule has 0 aromatic rings. The summed E-state index contributed by atoms with van der Waals surface area (Å²) >= 11 is 0. The lowest BCUT2D eigenvalue weighted by Crippen LogP contribution is -2.36. The van der Waals surface area contributed by atoms with Gasteiger partial charge in [0.2, 0.25) is 11.8 Å². The van der Waals surface area contributed by atoms with Crippen molar-refractivity contribution in [2.45, 2.75) is 53.9 Å². The second-order valence-corrected chi connectivity index (χ2v) is 4.74. The molecule has 0 aliphatic rings. The number of hydrogen-bond donors (Lipinski definition) is 0. The number of terminal acetylenes is 1. The van der Waals surface area contributed by atoms with Gasteiger partial charge in [-0.2, -0.15) is 0 Å². The Hall–Kier alpha value is -1.91. The van der Waals surface area contributed by atoms with Crippen molar-refractivity contribution >= 4 is 17.8 Å².